The predicted octanol–water partition coefficient (Wildman–Crippen LogP) is 2.87. The van der Waals surface area contributed by atoms with E-state index in [0.29, 0.717) is 12.2 Å². The Morgan fingerprint density at radius 1 is 1.11 bits per heavy atom. The number of benzene rings is 1. The van der Waals surface area contributed by atoms with Crippen LogP contribution in [0.3, 0.4) is 0 Å². The fourth-order valence-electron chi connectivity index (χ4n) is 4.31. The number of fused-ring (bicyclic) bond motifs is 1. The van der Waals surface area contributed by atoms with Crippen LogP contribution in [0.15, 0.2) is 42.6 Å². The van der Waals surface area contributed by atoms with Gasteiger partial charge in [0.25, 0.3) is 5.91 Å². The van der Waals surface area contributed by atoms with E-state index in [4.69, 9.17) is 0 Å². The third kappa shape index (κ3) is 3.59. The van der Waals surface area contributed by atoms with E-state index in [9.17, 15) is 9.59 Å². The van der Waals surface area contributed by atoms with Crippen molar-refractivity contribution in [1.82, 2.24) is 15.2 Å². The van der Waals surface area contributed by atoms with E-state index < -0.39 is 0 Å². The number of carbonyl (C=O) groups is 2. The lowest BCUT2D eigenvalue weighted by Crippen LogP contribution is -2.47. The Morgan fingerprint density at radius 2 is 1.93 bits per heavy atom. The molecule has 2 atom stereocenters. The number of hydrogen-bond donors (Lipinski definition) is 1. The average Bonchev–Trinajstić information content (AvgIpc) is 3.15. The summed E-state index contributed by atoms with van der Waals surface area (Å²) in [4.78, 5) is 32.0. The van der Waals surface area contributed by atoms with Crippen molar-refractivity contribution >= 4 is 11.8 Å². The van der Waals surface area contributed by atoms with Gasteiger partial charge in [0.1, 0.15) is 5.69 Å². The first-order valence-electron chi connectivity index (χ1n) is 9.71. The molecule has 1 N–H and O–H groups in total. The summed E-state index contributed by atoms with van der Waals surface area (Å²) in [6, 6.07) is 11.9. The van der Waals surface area contributed by atoms with E-state index in [2.05, 4.69) is 28.5 Å². The Hall–Kier alpha value is -2.69. The molecular formula is C22H25N3O2. The first-order chi connectivity index (χ1) is 13.1. The van der Waals surface area contributed by atoms with Crippen LogP contribution in [0.2, 0.25) is 0 Å². The van der Waals surface area contributed by atoms with Gasteiger partial charge in [0.2, 0.25) is 5.91 Å². The number of rotatable bonds is 3. The monoisotopic (exact) mass is 363 g/mol. The topological polar surface area (TPSA) is 62.3 Å². The minimum Gasteiger partial charge on any atom is -0.347 e. The average molecular weight is 363 g/mol. The second kappa shape index (κ2) is 7.51. The molecule has 4 rings (SSSR count). The smallest absolute Gasteiger partial charge is 0.270 e. The predicted molar refractivity (Wildman–Crippen MR) is 103 cm³/mol. The molecule has 2 aromatic rings. The zero-order chi connectivity index (χ0) is 18.8. The molecule has 2 amide bonds. The second-order valence-corrected chi connectivity index (χ2v) is 7.56. The van der Waals surface area contributed by atoms with Crippen molar-refractivity contribution in [3.63, 3.8) is 0 Å². The molecule has 1 aromatic heterocycles. The molecule has 0 saturated heterocycles. The first kappa shape index (κ1) is 17.7. The Balaban J connectivity index is 1.45. The number of aromatic nitrogens is 1. The van der Waals surface area contributed by atoms with Crippen LogP contribution in [0.4, 0.5) is 0 Å². The summed E-state index contributed by atoms with van der Waals surface area (Å²) >= 11 is 0. The molecule has 5 nitrogen and oxygen atoms in total. The summed E-state index contributed by atoms with van der Waals surface area (Å²) < 4.78 is 0. The maximum atomic E-state index is 13.2. The molecule has 1 saturated carbocycles. The largest absolute Gasteiger partial charge is 0.347 e. The minimum absolute atomic E-state index is 0.108. The van der Waals surface area contributed by atoms with Crippen molar-refractivity contribution in [3.05, 3.63) is 65.0 Å². The van der Waals surface area contributed by atoms with E-state index in [1.54, 1.807) is 6.20 Å². The minimum atomic E-state index is -0.179. The Labute approximate surface area is 159 Å². The summed E-state index contributed by atoms with van der Waals surface area (Å²) in [5.74, 6) is -0.143. The Morgan fingerprint density at radius 3 is 2.74 bits per heavy atom. The maximum Gasteiger partial charge on any atom is 0.270 e. The molecule has 1 aliphatic carbocycles. The van der Waals surface area contributed by atoms with Gasteiger partial charge in [0.15, 0.2) is 0 Å². The van der Waals surface area contributed by atoms with Crippen LogP contribution in [-0.2, 0) is 17.8 Å². The van der Waals surface area contributed by atoms with Gasteiger partial charge in [-0.2, -0.15) is 0 Å². The van der Waals surface area contributed by atoms with Crippen LogP contribution in [0, 0.1) is 12.8 Å². The van der Waals surface area contributed by atoms with Gasteiger partial charge in [-0.05, 0) is 48.9 Å². The number of hydrogen-bond acceptors (Lipinski definition) is 3. The van der Waals surface area contributed by atoms with Crippen molar-refractivity contribution < 1.29 is 9.59 Å². The fourth-order valence-corrected chi connectivity index (χ4v) is 4.31. The number of nitrogens with zero attached hydrogens (tertiary/aromatic N) is 2. The lowest BCUT2D eigenvalue weighted by molar-refractivity contribution is -0.136. The quantitative estimate of drug-likeness (QED) is 0.912. The Kier molecular flexibility index (Phi) is 4.92. The second-order valence-electron chi connectivity index (χ2n) is 7.56. The van der Waals surface area contributed by atoms with Gasteiger partial charge in [-0.25, -0.2) is 0 Å². The molecule has 5 heteroatoms. The molecule has 0 unspecified atom stereocenters. The van der Waals surface area contributed by atoms with E-state index in [1.807, 2.05) is 30.0 Å². The molecule has 2 aliphatic rings. The van der Waals surface area contributed by atoms with Gasteiger partial charge in [-0.3, -0.25) is 14.6 Å². The Bertz CT molecular complexity index is 864. The van der Waals surface area contributed by atoms with Crippen LogP contribution in [-0.4, -0.2) is 34.3 Å². The summed E-state index contributed by atoms with van der Waals surface area (Å²) in [6.45, 7) is 3.31. The number of pyridine rings is 1. The van der Waals surface area contributed by atoms with Crippen molar-refractivity contribution in [3.8, 4) is 0 Å². The first-order valence-corrected chi connectivity index (χ1v) is 9.71. The molecule has 0 spiro atoms. The van der Waals surface area contributed by atoms with Gasteiger partial charge in [-0.1, -0.05) is 36.8 Å². The summed E-state index contributed by atoms with van der Waals surface area (Å²) in [6.07, 6.45) is 5.18. The highest BCUT2D eigenvalue weighted by molar-refractivity contribution is 5.94. The van der Waals surface area contributed by atoms with Crippen molar-refractivity contribution in [1.29, 1.82) is 0 Å². The van der Waals surface area contributed by atoms with E-state index in [-0.39, 0.29) is 23.8 Å². The van der Waals surface area contributed by atoms with Crippen LogP contribution < -0.4 is 5.32 Å². The normalized spacial score (nSPS) is 21.6. The molecule has 1 aromatic carbocycles. The highest BCUT2D eigenvalue weighted by Crippen LogP contribution is 2.30. The molecule has 1 aliphatic heterocycles. The van der Waals surface area contributed by atoms with Crippen molar-refractivity contribution in [2.24, 2.45) is 5.92 Å². The summed E-state index contributed by atoms with van der Waals surface area (Å²) in [5.41, 5.74) is 3.87. The van der Waals surface area contributed by atoms with Crippen molar-refractivity contribution in [2.45, 2.75) is 45.2 Å². The van der Waals surface area contributed by atoms with Gasteiger partial charge in [-0.15, -0.1) is 0 Å². The zero-order valence-corrected chi connectivity index (χ0v) is 15.6. The van der Waals surface area contributed by atoms with Gasteiger partial charge in [0, 0.05) is 25.3 Å². The number of aryl methyl sites for hydroxylation is 1. The third-order valence-electron chi connectivity index (χ3n) is 5.82. The van der Waals surface area contributed by atoms with E-state index in [1.165, 1.54) is 11.1 Å². The standard InChI is InChI=1S/C22H25N3O2/c1-15-6-5-12-23-20(15)21(26)24-19-10-4-9-18(19)22(27)25-13-11-16-7-2-3-8-17(16)14-25/h2-3,5-8,12,18-19H,4,9-11,13-14H2,1H3,(H,24,26)/t18-,19+/m0/s1. The molecule has 140 valence electrons. The van der Waals surface area contributed by atoms with Gasteiger partial charge in [0.05, 0.1) is 5.92 Å². The maximum absolute atomic E-state index is 13.2. The van der Waals surface area contributed by atoms with E-state index in [0.717, 1.165) is 37.8 Å². The molecule has 0 radical (unpaired) electrons. The van der Waals surface area contributed by atoms with Gasteiger partial charge >= 0.3 is 0 Å². The number of carbonyl (C=O) groups excluding carboxylic acids is 2. The highest BCUT2D eigenvalue weighted by atomic mass is 16.2. The zero-order valence-electron chi connectivity index (χ0n) is 15.6. The molecular weight excluding hydrogens is 338 g/mol. The molecule has 1 fully saturated rings. The van der Waals surface area contributed by atoms with Crippen LogP contribution in [0.25, 0.3) is 0 Å². The third-order valence-corrected chi connectivity index (χ3v) is 5.82. The lowest BCUT2D eigenvalue weighted by Gasteiger charge is -2.32. The molecule has 2 heterocycles. The fraction of sp³-hybridized carbons (Fsp3) is 0.409. The van der Waals surface area contributed by atoms with Crippen LogP contribution in [0.1, 0.15) is 46.4 Å². The molecule has 0 bridgehead atoms. The molecule has 27 heavy (non-hydrogen) atoms. The van der Waals surface area contributed by atoms with Crippen LogP contribution >= 0.6 is 0 Å². The lowest BCUT2D eigenvalue weighted by atomic mass is 9.96. The number of nitrogens with one attached hydrogen (secondary N) is 1. The van der Waals surface area contributed by atoms with Crippen molar-refractivity contribution in [2.75, 3.05) is 6.54 Å². The summed E-state index contributed by atoms with van der Waals surface area (Å²) in [5, 5.41) is 3.08. The number of amides is 2. The van der Waals surface area contributed by atoms with Gasteiger partial charge < -0.3 is 10.2 Å². The highest BCUT2D eigenvalue weighted by Gasteiger charge is 2.37. The van der Waals surface area contributed by atoms with Crippen LogP contribution in [0.5, 0.6) is 0 Å². The van der Waals surface area contributed by atoms with E-state index >= 15 is 0 Å². The summed E-state index contributed by atoms with van der Waals surface area (Å²) in [7, 11) is 0. The SMILES string of the molecule is Cc1cccnc1C(=O)N[C@@H]1CCC[C@@H]1C(=O)N1CCc2ccccc2C1.